The van der Waals surface area contributed by atoms with Crippen LogP contribution in [0.2, 0.25) is 0 Å². The van der Waals surface area contributed by atoms with Gasteiger partial charge in [0.2, 0.25) is 0 Å². The zero-order chi connectivity index (χ0) is 15.4. The number of halogens is 3. The first-order chi connectivity index (χ1) is 9.27. The van der Waals surface area contributed by atoms with Gasteiger partial charge in [-0.25, -0.2) is 4.79 Å². The van der Waals surface area contributed by atoms with Gasteiger partial charge < -0.3 is 4.74 Å². The number of hydrogen-bond donors (Lipinski definition) is 1. The van der Waals surface area contributed by atoms with Gasteiger partial charge in [-0.1, -0.05) is 25.1 Å². The van der Waals surface area contributed by atoms with Crippen LogP contribution in [-0.4, -0.2) is 19.1 Å². The zero-order valence-electron chi connectivity index (χ0n) is 11.7. The topological polar surface area (TPSA) is 38.3 Å². The molecule has 0 saturated carbocycles. The summed E-state index contributed by atoms with van der Waals surface area (Å²) in [6, 6.07) is 5.02. The monoisotopic (exact) mass is 289 g/mol. The van der Waals surface area contributed by atoms with Crippen LogP contribution in [0.3, 0.4) is 0 Å². The lowest BCUT2D eigenvalue weighted by atomic mass is 9.87. The van der Waals surface area contributed by atoms with Crippen molar-refractivity contribution >= 4 is 5.97 Å². The summed E-state index contributed by atoms with van der Waals surface area (Å²) < 4.78 is 44.2. The van der Waals surface area contributed by atoms with Crippen molar-refractivity contribution in [1.29, 1.82) is 0 Å². The van der Waals surface area contributed by atoms with Crippen LogP contribution in [0.4, 0.5) is 13.2 Å². The van der Waals surface area contributed by atoms with E-state index in [0.29, 0.717) is 6.54 Å². The van der Waals surface area contributed by atoms with E-state index in [9.17, 15) is 18.0 Å². The number of ether oxygens (including phenoxy) is 1. The Labute approximate surface area is 116 Å². The SMILES string of the molecule is CCNC(C)(C(=O)OCC)c1ccccc1C(F)(F)F. The van der Waals surface area contributed by atoms with Gasteiger partial charge in [0.1, 0.15) is 5.54 Å². The second-order valence-corrected chi connectivity index (χ2v) is 4.42. The van der Waals surface area contributed by atoms with Crippen molar-refractivity contribution in [3.8, 4) is 0 Å². The van der Waals surface area contributed by atoms with Crippen LogP contribution in [0, 0.1) is 0 Å². The molecule has 3 nitrogen and oxygen atoms in total. The molecule has 1 atom stereocenters. The largest absolute Gasteiger partial charge is 0.464 e. The van der Waals surface area contributed by atoms with Gasteiger partial charge in [0.05, 0.1) is 12.2 Å². The Kier molecular flexibility index (Phi) is 5.16. The van der Waals surface area contributed by atoms with Gasteiger partial charge in [-0.3, -0.25) is 5.32 Å². The van der Waals surface area contributed by atoms with Crippen LogP contribution in [-0.2, 0) is 21.2 Å². The average molecular weight is 289 g/mol. The highest BCUT2D eigenvalue weighted by atomic mass is 19.4. The Morgan fingerprint density at radius 3 is 2.20 bits per heavy atom. The summed E-state index contributed by atoms with van der Waals surface area (Å²) >= 11 is 0. The maximum atomic E-state index is 13.1. The minimum absolute atomic E-state index is 0.105. The number of hydrogen-bond acceptors (Lipinski definition) is 3. The Bertz CT molecular complexity index is 474. The predicted octanol–water partition coefficient (Wildman–Crippen LogP) is 3.09. The second-order valence-electron chi connectivity index (χ2n) is 4.42. The lowest BCUT2D eigenvalue weighted by Gasteiger charge is -2.31. The number of carbonyl (C=O) groups is 1. The molecule has 0 aliphatic carbocycles. The molecule has 6 heteroatoms. The Morgan fingerprint density at radius 1 is 1.20 bits per heavy atom. The quantitative estimate of drug-likeness (QED) is 0.847. The number of esters is 1. The molecule has 0 bridgehead atoms. The highest BCUT2D eigenvalue weighted by Gasteiger charge is 2.43. The summed E-state index contributed by atoms with van der Waals surface area (Å²) in [6.45, 7) is 5.17. The minimum atomic E-state index is -4.53. The molecule has 0 spiro atoms. The van der Waals surface area contributed by atoms with Crippen LogP contribution >= 0.6 is 0 Å². The molecule has 0 aromatic heterocycles. The van der Waals surface area contributed by atoms with Gasteiger partial charge in [-0.05, 0) is 32.0 Å². The van der Waals surface area contributed by atoms with E-state index in [0.717, 1.165) is 6.07 Å². The van der Waals surface area contributed by atoms with Crippen molar-refractivity contribution in [1.82, 2.24) is 5.32 Å². The van der Waals surface area contributed by atoms with Gasteiger partial charge in [0.25, 0.3) is 0 Å². The molecule has 0 amide bonds. The smallest absolute Gasteiger partial charge is 0.416 e. The first-order valence-corrected chi connectivity index (χ1v) is 6.36. The number of likely N-dealkylation sites (N-methyl/N-ethyl adjacent to an activating group) is 1. The van der Waals surface area contributed by atoms with Crippen molar-refractivity contribution in [2.75, 3.05) is 13.2 Å². The summed E-state index contributed by atoms with van der Waals surface area (Å²) in [5.74, 6) is -0.724. The number of alkyl halides is 3. The fraction of sp³-hybridized carbons (Fsp3) is 0.500. The molecule has 1 N–H and O–H groups in total. The third-order valence-electron chi connectivity index (χ3n) is 2.99. The average Bonchev–Trinajstić information content (AvgIpc) is 2.38. The summed E-state index contributed by atoms with van der Waals surface area (Å²) in [4.78, 5) is 12.1. The standard InChI is InChI=1S/C14H18F3NO2/c1-4-18-13(3,12(19)20-5-2)10-8-6-7-9-11(10)14(15,16)17/h6-9,18H,4-5H2,1-3H3. The summed E-state index contributed by atoms with van der Waals surface area (Å²) in [5.41, 5.74) is -2.50. The molecule has 0 aliphatic rings. The number of carbonyl (C=O) groups excluding carboxylic acids is 1. The van der Waals surface area contributed by atoms with E-state index in [-0.39, 0.29) is 12.2 Å². The van der Waals surface area contributed by atoms with Crippen molar-refractivity contribution in [2.45, 2.75) is 32.5 Å². The predicted molar refractivity (Wildman–Crippen MR) is 69.1 cm³/mol. The van der Waals surface area contributed by atoms with E-state index < -0.39 is 23.2 Å². The summed E-state index contributed by atoms with van der Waals surface area (Å²) in [5, 5.41) is 2.80. The maximum Gasteiger partial charge on any atom is 0.416 e. The van der Waals surface area contributed by atoms with E-state index in [1.807, 2.05) is 0 Å². The highest BCUT2D eigenvalue weighted by molar-refractivity contribution is 5.82. The molecule has 1 rings (SSSR count). The van der Waals surface area contributed by atoms with Crippen LogP contribution < -0.4 is 5.32 Å². The molecule has 0 radical (unpaired) electrons. The molecule has 1 aromatic rings. The van der Waals surface area contributed by atoms with E-state index in [1.165, 1.54) is 25.1 Å². The third-order valence-corrected chi connectivity index (χ3v) is 2.99. The van der Waals surface area contributed by atoms with E-state index in [4.69, 9.17) is 4.74 Å². The highest BCUT2D eigenvalue weighted by Crippen LogP contribution is 2.37. The van der Waals surface area contributed by atoms with E-state index in [2.05, 4.69) is 5.32 Å². The third kappa shape index (κ3) is 3.30. The fourth-order valence-corrected chi connectivity index (χ4v) is 2.07. The van der Waals surface area contributed by atoms with E-state index >= 15 is 0 Å². The Balaban J connectivity index is 3.39. The maximum absolute atomic E-state index is 13.1. The Morgan fingerprint density at radius 2 is 1.75 bits per heavy atom. The first-order valence-electron chi connectivity index (χ1n) is 6.36. The van der Waals surface area contributed by atoms with Crippen LogP contribution in [0.5, 0.6) is 0 Å². The molecule has 112 valence electrons. The van der Waals surface area contributed by atoms with Crippen molar-refractivity contribution in [2.24, 2.45) is 0 Å². The molecule has 1 unspecified atom stereocenters. The van der Waals surface area contributed by atoms with E-state index in [1.54, 1.807) is 13.8 Å². The first kappa shape index (κ1) is 16.5. The lowest BCUT2D eigenvalue weighted by molar-refractivity contribution is -0.152. The summed E-state index contributed by atoms with van der Waals surface area (Å²) in [7, 11) is 0. The molecule has 0 fully saturated rings. The van der Waals surface area contributed by atoms with Gasteiger partial charge in [0.15, 0.2) is 0 Å². The molecular formula is C14H18F3NO2. The lowest BCUT2D eigenvalue weighted by Crippen LogP contribution is -2.48. The number of benzene rings is 1. The molecular weight excluding hydrogens is 271 g/mol. The molecule has 20 heavy (non-hydrogen) atoms. The number of nitrogens with one attached hydrogen (secondary N) is 1. The number of rotatable bonds is 5. The fourth-order valence-electron chi connectivity index (χ4n) is 2.07. The van der Waals surface area contributed by atoms with Gasteiger partial charge >= 0.3 is 12.1 Å². The van der Waals surface area contributed by atoms with Crippen LogP contribution in [0.15, 0.2) is 24.3 Å². The van der Waals surface area contributed by atoms with Crippen molar-refractivity contribution in [3.05, 3.63) is 35.4 Å². The van der Waals surface area contributed by atoms with Gasteiger partial charge in [-0.2, -0.15) is 13.2 Å². The molecule has 0 heterocycles. The van der Waals surface area contributed by atoms with Crippen LogP contribution in [0.25, 0.3) is 0 Å². The second kappa shape index (κ2) is 6.26. The normalized spacial score (nSPS) is 14.7. The summed E-state index contributed by atoms with van der Waals surface area (Å²) in [6.07, 6.45) is -4.53. The Hall–Kier alpha value is -1.56. The van der Waals surface area contributed by atoms with Crippen molar-refractivity contribution < 1.29 is 22.7 Å². The molecule has 0 saturated heterocycles. The van der Waals surface area contributed by atoms with Gasteiger partial charge in [-0.15, -0.1) is 0 Å². The van der Waals surface area contributed by atoms with Gasteiger partial charge in [0, 0.05) is 0 Å². The van der Waals surface area contributed by atoms with Crippen LogP contribution in [0.1, 0.15) is 31.9 Å². The zero-order valence-corrected chi connectivity index (χ0v) is 11.7. The minimum Gasteiger partial charge on any atom is -0.464 e. The molecule has 0 aliphatic heterocycles. The van der Waals surface area contributed by atoms with Crippen molar-refractivity contribution in [3.63, 3.8) is 0 Å². The molecule has 1 aromatic carbocycles.